The van der Waals surface area contributed by atoms with E-state index in [9.17, 15) is 0 Å². The largest absolute Gasteiger partial charge is 0.325 e. The van der Waals surface area contributed by atoms with Crippen LogP contribution in [0, 0.1) is 0 Å². The first-order chi connectivity index (χ1) is 5.73. The minimum atomic E-state index is 0.175. The van der Waals surface area contributed by atoms with Crippen LogP contribution in [0.3, 0.4) is 0 Å². The first kappa shape index (κ1) is 8.27. The van der Waals surface area contributed by atoms with E-state index in [2.05, 4.69) is 18.4 Å². The fraction of sp³-hybridized carbons (Fsp3) is 0.600. The second-order valence-corrected chi connectivity index (χ2v) is 4.76. The van der Waals surface area contributed by atoms with E-state index in [1.165, 1.54) is 23.3 Å². The molecule has 0 saturated heterocycles. The van der Waals surface area contributed by atoms with Gasteiger partial charge in [0.1, 0.15) is 0 Å². The molecule has 0 atom stereocenters. The van der Waals surface area contributed by atoms with E-state index in [4.69, 9.17) is 5.73 Å². The van der Waals surface area contributed by atoms with Crippen LogP contribution in [0.4, 0.5) is 0 Å². The monoisotopic (exact) mass is 181 g/mol. The van der Waals surface area contributed by atoms with Crippen molar-refractivity contribution in [3.63, 3.8) is 0 Å². The minimum Gasteiger partial charge on any atom is -0.325 e. The van der Waals surface area contributed by atoms with Crippen LogP contribution in [0.1, 0.15) is 30.2 Å². The van der Waals surface area contributed by atoms with Gasteiger partial charge in [-0.25, -0.2) is 0 Å². The summed E-state index contributed by atoms with van der Waals surface area (Å²) in [6.07, 6.45) is 4.69. The summed E-state index contributed by atoms with van der Waals surface area (Å²) >= 11 is 1.86. The average molecular weight is 181 g/mol. The quantitative estimate of drug-likeness (QED) is 0.761. The van der Waals surface area contributed by atoms with Crippen LogP contribution in [0.2, 0.25) is 0 Å². The summed E-state index contributed by atoms with van der Waals surface area (Å²) in [5.41, 5.74) is 7.74. The highest BCUT2D eigenvalue weighted by Crippen LogP contribution is 2.37. The van der Waals surface area contributed by atoms with Crippen LogP contribution < -0.4 is 5.73 Å². The fourth-order valence-corrected chi connectivity index (χ4v) is 2.63. The standard InChI is InChI=1S/C10H15NS/c1-2-8-3-6-12-9(8)7-10(11)4-5-10/h3,6H,2,4-5,7,11H2,1H3. The highest BCUT2D eigenvalue weighted by molar-refractivity contribution is 7.10. The summed E-state index contributed by atoms with van der Waals surface area (Å²) in [6.45, 7) is 2.21. The lowest BCUT2D eigenvalue weighted by molar-refractivity contribution is 0.675. The molecule has 1 nitrogen and oxygen atoms in total. The summed E-state index contributed by atoms with van der Waals surface area (Å²) in [6, 6.07) is 2.23. The number of thiophene rings is 1. The number of hydrogen-bond donors (Lipinski definition) is 1. The lowest BCUT2D eigenvalue weighted by atomic mass is 10.1. The van der Waals surface area contributed by atoms with Crippen molar-refractivity contribution in [2.24, 2.45) is 5.73 Å². The molecule has 0 aliphatic heterocycles. The molecule has 1 aliphatic carbocycles. The van der Waals surface area contributed by atoms with Crippen molar-refractivity contribution in [2.75, 3.05) is 0 Å². The minimum absolute atomic E-state index is 0.175. The molecule has 0 unspecified atom stereocenters. The molecule has 1 saturated carbocycles. The molecule has 1 heterocycles. The molecule has 66 valence electrons. The Morgan fingerprint density at radius 2 is 2.33 bits per heavy atom. The number of aryl methyl sites for hydroxylation is 1. The number of rotatable bonds is 3. The van der Waals surface area contributed by atoms with Gasteiger partial charge in [-0.15, -0.1) is 11.3 Å². The van der Waals surface area contributed by atoms with Crippen molar-refractivity contribution in [1.29, 1.82) is 0 Å². The highest BCUT2D eigenvalue weighted by Gasteiger charge is 2.38. The molecular weight excluding hydrogens is 166 g/mol. The Morgan fingerprint density at radius 1 is 1.58 bits per heavy atom. The first-order valence-electron chi connectivity index (χ1n) is 4.58. The van der Waals surface area contributed by atoms with Gasteiger partial charge in [0.15, 0.2) is 0 Å². The Kier molecular flexibility index (Phi) is 1.97. The molecular formula is C10H15NS. The second kappa shape index (κ2) is 2.86. The summed E-state index contributed by atoms with van der Waals surface area (Å²) in [5, 5.41) is 2.18. The second-order valence-electron chi connectivity index (χ2n) is 3.76. The molecule has 2 heteroatoms. The van der Waals surface area contributed by atoms with Crippen LogP contribution in [0.25, 0.3) is 0 Å². The predicted octanol–water partition coefficient (Wildman–Crippen LogP) is 2.34. The third-order valence-electron chi connectivity index (χ3n) is 2.62. The van der Waals surface area contributed by atoms with E-state index in [-0.39, 0.29) is 5.54 Å². The van der Waals surface area contributed by atoms with Gasteiger partial charge in [0.05, 0.1) is 0 Å². The third kappa shape index (κ3) is 1.54. The van der Waals surface area contributed by atoms with Gasteiger partial charge in [-0.1, -0.05) is 6.92 Å². The van der Waals surface area contributed by atoms with Crippen LogP contribution in [-0.4, -0.2) is 5.54 Å². The van der Waals surface area contributed by atoms with Gasteiger partial charge in [-0.2, -0.15) is 0 Å². The Hall–Kier alpha value is -0.340. The van der Waals surface area contributed by atoms with Crippen LogP contribution in [-0.2, 0) is 12.8 Å². The van der Waals surface area contributed by atoms with Gasteiger partial charge in [0.25, 0.3) is 0 Å². The van der Waals surface area contributed by atoms with Crippen molar-refractivity contribution in [1.82, 2.24) is 0 Å². The van der Waals surface area contributed by atoms with Gasteiger partial charge in [-0.3, -0.25) is 0 Å². The lowest BCUT2D eigenvalue weighted by Crippen LogP contribution is -2.24. The molecule has 1 aromatic heterocycles. The van der Waals surface area contributed by atoms with E-state index in [0.29, 0.717) is 0 Å². The fourth-order valence-electron chi connectivity index (χ4n) is 1.49. The summed E-state index contributed by atoms with van der Waals surface area (Å²) in [5.74, 6) is 0. The molecule has 1 aromatic rings. The summed E-state index contributed by atoms with van der Waals surface area (Å²) < 4.78 is 0. The zero-order valence-electron chi connectivity index (χ0n) is 7.47. The highest BCUT2D eigenvalue weighted by atomic mass is 32.1. The number of nitrogens with two attached hydrogens (primary N) is 1. The van der Waals surface area contributed by atoms with Crippen molar-refractivity contribution >= 4 is 11.3 Å². The van der Waals surface area contributed by atoms with Crippen molar-refractivity contribution in [3.8, 4) is 0 Å². The van der Waals surface area contributed by atoms with E-state index < -0.39 is 0 Å². The van der Waals surface area contributed by atoms with Crippen molar-refractivity contribution in [2.45, 2.75) is 38.1 Å². The molecule has 0 radical (unpaired) electrons. The molecule has 0 amide bonds. The van der Waals surface area contributed by atoms with Crippen LogP contribution >= 0.6 is 11.3 Å². The maximum atomic E-state index is 6.07. The van der Waals surface area contributed by atoms with Gasteiger partial charge in [0, 0.05) is 16.8 Å². The maximum Gasteiger partial charge on any atom is 0.0204 e. The maximum absolute atomic E-state index is 6.07. The Bertz CT molecular complexity index is 273. The molecule has 1 aliphatic rings. The Balaban J connectivity index is 2.11. The summed E-state index contributed by atoms with van der Waals surface area (Å²) in [4.78, 5) is 1.51. The topological polar surface area (TPSA) is 26.0 Å². The Morgan fingerprint density at radius 3 is 2.92 bits per heavy atom. The third-order valence-corrected chi connectivity index (χ3v) is 3.59. The zero-order valence-corrected chi connectivity index (χ0v) is 8.29. The van der Waals surface area contributed by atoms with Crippen LogP contribution in [0.5, 0.6) is 0 Å². The molecule has 2 N–H and O–H groups in total. The molecule has 0 aromatic carbocycles. The van der Waals surface area contributed by atoms with E-state index in [1.807, 2.05) is 11.3 Å². The van der Waals surface area contributed by atoms with Gasteiger partial charge >= 0.3 is 0 Å². The molecule has 2 rings (SSSR count). The van der Waals surface area contributed by atoms with E-state index in [1.54, 1.807) is 0 Å². The van der Waals surface area contributed by atoms with Gasteiger partial charge in [0.2, 0.25) is 0 Å². The molecule has 12 heavy (non-hydrogen) atoms. The van der Waals surface area contributed by atoms with Crippen molar-refractivity contribution in [3.05, 3.63) is 21.9 Å². The normalized spacial score (nSPS) is 19.5. The van der Waals surface area contributed by atoms with Gasteiger partial charge < -0.3 is 5.73 Å². The van der Waals surface area contributed by atoms with E-state index in [0.717, 1.165) is 12.8 Å². The SMILES string of the molecule is CCc1ccsc1CC1(N)CC1. The molecule has 0 bridgehead atoms. The van der Waals surface area contributed by atoms with Crippen molar-refractivity contribution < 1.29 is 0 Å². The molecule has 0 spiro atoms. The summed E-state index contributed by atoms with van der Waals surface area (Å²) in [7, 11) is 0. The number of hydrogen-bond acceptors (Lipinski definition) is 2. The smallest absolute Gasteiger partial charge is 0.0204 e. The zero-order chi connectivity index (χ0) is 8.60. The predicted molar refractivity (Wildman–Crippen MR) is 53.6 cm³/mol. The van der Waals surface area contributed by atoms with E-state index >= 15 is 0 Å². The molecule has 1 fully saturated rings. The first-order valence-corrected chi connectivity index (χ1v) is 5.46. The van der Waals surface area contributed by atoms with Gasteiger partial charge in [-0.05, 0) is 36.3 Å². The van der Waals surface area contributed by atoms with Crippen LogP contribution in [0.15, 0.2) is 11.4 Å². The average Bonchev–Trinajstić information content (AvgIpc) is 2.64. The Labute approximate surface area is 77.6 Å². The lowest BCUT2D eigenvalue weighted by Gasteiger charge is -2.07.